The summed E-state index contributed by atoms with van der Waals surface area (Å²) in [6.07, 6.45) is 6.15. The van der Waals surface area contributed by atoms with Crippen LogP contribution >= 0.6 is 0 Å². The van der Waals surface area contributed by atoms with Crippen molar-refractivity contribution in [2.45, 2.75) is 25.7 Å². The molecule has 0 radical (unpaired) electrons. The van der Waals surface area contributed by atoms with E-state index in [0.717, 1.165) is 49.9 Å². The van der Waals surface area contributed by atoms with Crippen molar-refractivity contribution < 1.29 is 19.1 Å². The van der Waals surface area contributed by atoms with Crippen molar-refractivity contribution in [3.05, 3.63) is 53.5 Å². The van der Waals surface area contributed by atoms with Gasteiger partial charge in [-0.05, 0) is 43.2 Å². The first-order chi connectivity index (χ1) is 12.5. The van der Waals surface area contributed by atoms with E-state index in [2.05, 4.69) is 15.2 Å². The number of aromatic carboxylic acids is 1. The Morgan fingerprint density at radius 2 is 1.73 bits per heavy atom. The normalized spacial score (nSPS) is 14.6. The third-order valence-corrected chi connectivity index (χ3v) is 4.40. The maximum Gasteiger partial charge on any atom is 0.335 e. The first kappa shape index (κ1) is 17.8. The Morgan fingerprint density at radius 3 is 2.35 bits per heavy atom. The van der Waals surface area contributed by atoms with Gasteiger partial charge >= 0.3 is 5.97 Å². The second-order valence-corrected chi connectivity index (χ2v) is 6.26. The van der Waals surface area contributed by atoms with Gasteiger partial charge in [-0.15, -0.1) is 0 Å². The maximum atomic E-state index is 13.8. The van der Waals surface area contributed by atoms with Gasteiger partial charge in [-0.1, -0.05) is 12.8 Å². The maximum absolute atomic E-state index is 13.8. The number of benzene rings is 1. The van der Waals surface area contributed by atoms with Gasteiger partial charge < -0.3 is 15.3 Å². The molecule has 0 aliphatic carbocycles. The molecule has 2 N–H and O–H groups in total. The molecule has 1 aromatic carbocycles. The average molecular weight is 357 g/mol. The van der Waals surface area contributed by atoms with Crippen LogP contribution in [-0.2, 0) is 0 Å². The Bertz CT molecular complexity index is 800. The summed E-state index contributed by atoms with van der Waals surface area (Å²) >= 11 is 0. The number of nitrogens with one attached hydrogen (secondary N) is 1. The molecule has 1 aliphatic heterocycles. The molecule has 0 atom stereocenters. The molecule has 1 saturated heterocycles. The molecule has 0 bridgehead atoms. The second kappa shape index (κ2) is 7.95. The number of amides is 1. The van der Waals surface area contributed by atoms with E-state index >= 15 is 0 Å². The summed E-state index contributed by atoms with van der Waals surface area (Å²) in [4.78, 5) is 29.8. The molecular formula is C19H20FN3O3. The number of rotatable bonds is 4. The van der Waals surface area contributed by atoms with E-state index in [-0.39, 0.29) is 16.8 Å². The second-order valence-electron chi connectivity index (χ2n) is 6.26. The molecule has 1 aliphatic rings. The van der Waals surface area contributed by atoms with Crippen LogP contribution in [0.5, 0.6) is 0 Å². The van der Waals surface area contributed by atoms with Gasteiger partial charge in [0.25, 0.3) is 5.91 Å². The number of hydrogen-bond donors (Lipinski definition) is 2. The molecule has 6 nitrogen and oxygen atoms in total. The highest BCUT2D eigenvalue weighted by Crippen LogP contribution is 2.20. The van der Waals surface area contributed by atoms with E-state index in [1.165, 1.54) is 19.0 Å². The molecule has 2 aromatic rings. The topological polar surface area (TPSA) is 82.5 Å². The minimum Gasteiger partial charge on any atom is -0.478 e. The predicted molar refractivity (Wildman–Crippen MR) is 96.2 cm³/mol. The van der Waals surface area contributed by atoms with E-state index < -0.39 is 17.7 Å². The van der Waals surface area contributed by atoms with Crippen LogP contribution in [0.25, 0.3) is 0 Å². The molecule has 1 amide bonds. The van der Waals surface area contributed by atoms with Crippen LogP contribution < -0.4 is 10.2 Å². The largest absolute Gasteiger partial charge is 0.478 e. The lowest BCUT2D eigenvalue weighted by molar-refractivity contribution is 0.0696. The lowest BCUT2D eigenvalue weighted by Crippen LogP contribution is -2.25. The van der Waals surface area contributed by atoms with E-state index in [9.17, 15) is 14.0 Å². The predicted octanol–water partition coefficient (Wildman–Crippen LogP) is 3.55. The Kier molecular flexibility index (Phi) is 5.46. The number of hydrogen-bond acceptors (Lipinski definition) is 4. The SMILES string of the molecule is O=C(O)c1ccc(F)c(NC(=O)c2ccc(N3CCCCCC3)nc2)c1. The van der Waals surface area contributed by atoms with Gasteiger partial charge in [0.05, 0.1) is 16.8 Å². The summed E-state index contributed by atoms with van der Waals surface area (Å²) in [7, 11) is 0. The highest BCUT2D eigenvalue weighted by Gasteiger charge is 2.15. The Morgan fingerprint density at radius 1 is 1.04 bits per heavy atom. The van der Waals surface area contributed by atoms with Crippen LogP contribution in [0, 0.1) is 5.82 Å². The molecule has 1 fully saturated rings. The zero-order chi connectivity index (χ0) is 18.5. The first-order valence-corrected chi connectivity index (χ1v) is 8.60. The van der Waals surface area contributed by atoms with Crippen molar-refractivity contribution in [2.75, 3.05) is 23.3 Å². The molecule has 0 unspecified atom stereocenters. The minimum absolute atomic E-state index is 0.101. The van der Waals surface area contributed by atoms with Gasteiger partial charge in [0.1, 0.15) is 11.6 Å². The van der Waals surface area contributed by atoms with Gasteiger partial charge in [0.2, 0.25) is 0 Å². The lowest BCUT2D eigenvalue weighted by atomic mass is 10.2. The number of halogens is 1. The quantitative estimate of drug-likeness (QED) is 0.874. The van der Waals surface area contributed by atoms with Gasteiger partial charge in [-0.3, -0.25) is 4.79 Å². The summed E-state index contributed by atoms with van der Waals surface area (Å²) in [6, 6.07) is 6.67. The molecule has 3 rings (SSSR count). The number of carboxylic acids is 1. The van der Waals surface area contributed by atoms with Gasteiger partial charge in [0, 0.05) is 19.3 Å². The summed E-state index contributed by atoms with van der Waals surface area (Å²) in [5.74, 6) is -1.61. The van der Waals surface area contributed by atoms with Crippen LogP contribution in [0.2, 0.25) is 0 Å². The fourth-order valence-corrected chi connectivity index (χ4v) is 2.96. The molecule has 26 heavy (non-hydrogen) atoms. The van der Waals surface area contributed by atoms with E-state index in [1.807, 2.05) is 0 Å². The van der Waals surface area contributed by atoms with Gasteiger partial charge in [0.15, 0.2) is 0 Å². The van der Waals surface area contributed by atoms with Crippen LogP contribution in [0.1, 0.15) is 46.4 Å². The summed E-state index contributed by atoms with van der Waals surface area (Å²) in [5.41, 5.74) is 0.00605. The molecule has 7 heteroatoms. The lowest BCUT2D eigenvalue weighted by Gasteiger charge is -2.21. The Labute approximate surface area is 150 Å². The molecular weight excluding hydrogens is 337 g/mol. The number of carbonyl (C=O) groups excluding carboxylic acids is 1. The van der Waals surface area contributed by atoms with Crippen molar-refractivity contribution >= 4 is 23.4 Å². The summed E-state index contributed by atoms with van der Waals surface area (Å²) in [6.45, 7) is 1.90. The monoisotopic (exact) mass is 357 g/mol. The van der Waals surface area contributed by atoms with E-state index in [0.29, 0.717) is 0 Å². The third kappa shape index (κ3) is 4.17. The van der Waals surface area contributed by atoms with Crippen molar-refractivity contribution in [1.82, 2.24) is 4.98 Å². The number of anilines is 2. The highest BCUT2D eigenvalue weighted by atomic mass is 19.1. The number of carbonyl (C=O) groups is 2. The van der Waals surface area contributed by atoms with Gasteiger partial charge in [-0.25, -0.2) is 14.2 Å². The Balaban J connectivity index is 1.72. The smallest absolute Gasteiger partial charge is 0.335 e. The zero-order valence-corrected chi connectivity index (χ0v) is 14.2. The number of aromatic nitrogens is 1. The number of nitrogens with zero attached hydrogens (tertiary/aromatic N) is 2. The number of carboxylic acid groups (broad SMARTS) is 1. The van der Waals surface area contributed by atoms with Crippen molar-refractivity contribution in [2.24, 2.45) is 0 Å². The van der Waals surface area contributed by atoms with Crippen LogP contribution in [0.15, 0.2) is 36.5 Å². The zero-order valence-electron chi connectivity index (χ0n) is 14.2. The number of pyridine rings is 1. The van der Waals surface area contributed by atoms with Crippen molar-refractivity contribution in [3.63, 3.8) is 0 Å². The summed E-state index contributed by atoms with van der Waals surface area (Å²) in [5, 5.41) is 11.4. The fraction of sp³-hybridized carbons (Fsp3) is 0.316. The molecule has 0 saturated carbocycles. The molecule has 136 valence electrons. The standard InChI is InChI=1S/C19H20FN3O3/c20-15-7-5-13(19(25)26)11-16(15)22-18(24)14-6-8-17(21-12-14)23-9-3-1-2-4-10-23/h5-8,11-12H,1-4,9-10H2,(H,22,24)(H,25,26). The molecule has 0 spiro atoms. The molecule has 2 heterocycles. The first-order valence-electron chi connectivity index (χ1n) is 8.60. The van der Waals surface area contributed by atoms with Crippen LogP contribution in [0.4, 0.5) is 15.9 Å². The molecule has 1 aromatic heterocycles. The summed E-state index contributed by atoms with van der Waals surface area (Å²) < 4.78 is 13.8. The van der Waals surface area contributed by atoms with E-state index in [4.69, 9.17) is 5.11 Å². The van der Waals surface area contributed by atoms with E-state index in [1.54, 1.807) is 12.1 Å². The average Bonchev–Trinajstić information content (AvgIpc) is 2.93. The van der Waals surface area contributed by atoms with Crippen molar-refractivity contribution in [1.29, 1.82) is 0 Å². The fourth-order valence-electron chi connectivity index (χ4n) is 2.96. The van der Waals surface area contributed by atoms with Crippen LogP contribution in [-0.4, -0.2) is 35.1 Å². The highest BCUT2D eigenvalue weighted by molar-refractivity contribution is 6.04. The van der Waals surface area contributed by atoms with Crippen LogP contribution in [0.3, 0.4) is 0 Å². The van der Waals surface area contributed by atoms with Crippen molar-refractivity contribution in [3.8, 4) is 0 Å². The van der Waals surface area contributed by atoms with Gasteiger partial charge in [-0.2, -0.15) is 0 Å². The third-order valence-electron chi connectivity index (χ3n) is 4.40. The minimum atomic E-state index is -1.19. The Hall–Kier alpha value is -2.96.